The second-order valence-electron chi connectivity index (χ2n) is 2.36. The smallest absolute Gasteiger partial charge is 0.325 e. The molecule has 72 valence electrons. The van der Waals surface area contributed by atoms with Gasteiger partial charge in [0.05, 0.1) is 7.11 Å². The Hall–Kier alpha value is -2.09. The molecular formula is C9H9N3O2. The molecule has 0 spiro atoms. The molecule has 14 heavy (non-hydrogen) atoms. The van der Waals surface area contributed by atoms with Crippen LogP contribution in [-0.4, -0.2) is 29.6 Å². The van der Waals surface area contributed by atoms with Crippen molar-refractivity contribution in [3.8, 4) is 12.3 Å². The van der Waals surface area contributed by atoms with Gasteiger partial charge in [0.15, 0.2) is 0 Å². The quantitative estimate of drug-likeness (QED) is 0.540. The first-order valence-corrected chi connectivity index (χ1v) is 3.85. The highest BCUT2D eigenvalue weighted by Crippen LogP contribution is 2.01. The van der Waals surface area contributed by atoms with Crippen molar-refractivity contribution >= 4 is 11.8 Å². The van der Waals surface area contributed by atoms with Crippen molar-refractivity contribution < 1.29 is 9.53 Å². The molecule has 0 aromatic carbocycles. The third-order valence-corrected chi connectivity index (χ3v) is 1.46. The molecule has 0 saturated heterocycles. The summed E-state index contributed by atoms with van der Waals surface area (Å²) in [7, 11) is 1.32. The van der Waals surface area contributed by atoms with Crippen molar-refractivity contribution in [3.05, 3.63) is 18.1 Å². The summed E-state index contributed by atoms with van der Waals surface area (Å²) in [6, 6.07) is 1.57. The van der Waals surface area contributed by atoms with Crippen LogP contribution in [-0.2, 0) is 9.53 Å². The SMILES string of the molecule is C#Cc1cc(NCC(=O)OC)ncn1. The average molecular weight is 191 g/mol. The average Bonchev–Trinajstić information content (AvgIpc) is 2.26. The van der Waals surface area contributed by atoms with Crippen LogP contribution in [0.15, 0.2) is 12.4 Å². The number of carbonyl (C=O) groups is 1. The van der Waals surface area contributed by atoms with Crippen LogP contribution in [0.1, 0.15) is 5.69 Å². The third-order valence-electron chi connectivity index (χ3n) is 1.46. The maximum absolute atomic E-state index is 10.8. The first kappa shape index (κ1) is 9.99. The van der Waals surface area contributed by atoms with Crippen molar-refractivity contribution in [2.75, 3.05) is 19.0 Å². The van der Waals surface area contributed by atoms with Crippen LogP contribution in [0.5, 0.6) is 0 Å². The number of nitrogens with zero attached hydrogens (tertiary/aromatic N) is 2. The van der Waals surface area contributed by atoms with Crippen molar-refractivity contribution in [3.63, 3.8) is 0 Å². The largest absolute Gasteiger partial charge is 0.468 e. The van der Waals surface area contributed by atoms with E-state index in [0.717, 1.165) is 0 Å². The lowest BCUT2D eigenvalue weighted by atomic mass is 10.4. The summed E-state index contributed by atoms with van der Waals surface area (Å²) in [4.78, 5) is 18.4. The molecule has 1 aromatic heterocycles. The second kappa shape index (κ2) is 4.82. The molecule has 0 atom stereocenters. The predicted octanol–water partition coefficient (Wildman–Crippen LogP) is 0.0428. The highest BCUT2D eigenvalue weighted by molar-refractivity contribution is 5.74. The van der Waals surface area contributed by atoms with Gasteiger partial charge < -0.3 is 10.1 Å². The minimum atomic E-state index is -0.370. The van der Waals surface area contributed by atoms with Gasteiger partial charge in [-0.15, -0.1) is 6.42 Å². The number of aromatic nitrogens is 2. The molecule has 0 aliphatic carbocycles. The summed E-state index contributed by atoms with van der Waals surface area (Å²) in [6.45, 7) is 0.0531. The zero-order valence-electron chi connectivity index (χ0n) is 7.65. The number of ether oxygens (including phenoxy) is 1. The Balaban J connectivity index is 2.60. The van der Waals surface area contributed by atoms with Gasteiger partial charge in [0.25, 0.3) is 0 Å². The molecule has 5 heteroatoms. The van der Waals surface area contributed by atoms with E-state index in [1.807, 2.05) is 0 Å². The number of hydrogen-bond donors (Lipinski definition) is 1. The van der Waals surface area contributed by atoms with E-state index in [9.17, 15) is 4.79 Å². The fourth-order valence-electron chi connectivity index (χ4n) is 0.768. The lowest BCUT2D eigenvalue weighted by Gasteiger charge is -2.03. The fourth-order valence-corrected chi connectivity index (χ4v) is 0.768. The zero-order valence-corrected chi connectivity index (χ0v) is 7.65. The molecule has 1 heterocycles. The lowest BCUT2D eigenvalue weighted by molar-refractivity contribution is -0.138. The van der Waals surface area contributed by atoms with Gasteiger partial charge in [-0.3, -0.25) is 4.79 Å². The molecule has 5 nitrogen and oxygen atoms in total. The number of anilines is 1. The molecule has 0 bridgehead atoms. The molecule has 1 rings (SSSR count). The number of esters is 1. The van der Waals surface area contributed by atoms with Gasteiger partial charge >= 0.3 is 5.97 Å². The summed E-state index contributed by atoms with van der Waals surface area (Å²) in [5.74, 6) is 2.49. The number of methoxy groups -OCH3 is 1. The lowest BCUT2D eigenvalue weighted by Crippen LogP contribution is -2.15. The van der Waals surface area contributed by atoms with E-state index >= 15 is 0 Å². The van der Waals surface area contributed by atoms with Crippen LogP contribution in [0.25, 0.3) is 0 Å². The van der Waals surface area contributed by atoms with Gasteiger partial charge in [0.1, 0.15) is 24.4 Å². The summed E-state index contributed by atoms with van der Waals surface area (Å²) in [6.07, 6.45) is 6.47. The monoisotopic (exact) mass is 191 g/mol. The Morgan fingerprint density at radius 3 is 3.14 bits per heavy atom. The van der Waals surface area contributed by atoms with E-state index in [2.05, 4.69) is 25.9 Å². The van der Waals surface area contributed by atoms with E-state index < -0.39 is 0 Å². The normalized spacial score (nSPS) is 8.86. The Morgan fingerprint density at radius 2 is 2.50 bits per heavy atom. The maximum Gasteiger partial charge on any atom is 0.325 e. The van der Waals surface area contributed by atoms with Crippen molar-refractivity contribution in [1.82, 2.24) is 9.97 Å². The minimum Gasteiger partial charge on any atom is -0.468 e. The Labute approximate surface area is 81.5 Å². The van der Waals surface area contributed by atoms with Crippen LogP contribution < -0.4 is 5.32 Å². The van der Waals surface area contributed by atoms with Crippen LogP contribution in [0.2, 0.25) is 0 Å². The Morgan fingerprint density at radius 1 is 1.71 bits per heavy atom. The van der Waals surface area contributed by atoms with Gasteiger partial charge in [-0.2, -0.15) is 0 Å². The van der Waals surface area contributed by atoms with Crippen LogP contribution >= 0.6 is 0 Å². The topological polar surface area (TPSA) is 64.1 Å². The zero-order chi connectivity index (χ0) is 10.4. The van der Waals surface area contributed by atoms with E-state index in [1.165, 1.54) is 13.4 Å². The van der Waals surface area contributed by atoms with E-state index in [1.54, 1.807) is 6.07 Å². The minimum absolute atomic E-state index is 0.0531. The summed E-state index contributed by atoms with van der Waals surface area (Å²) < 4.78 is 4.44. The van der Waals surface area contributed by atoms with Gasteiger partial charge in [-0.05, 0) is 0 Å². The molecule has 0 radical (unpaired) electrons. The molecule has 0 aliphatic heterocycles. The Kier molecular flexibility index (Phi) is 3.44. The summed E-state index contributed by atoms with van der Waals surface area (Å²) in [5, 5.41) is 2.75. The molecule has 1 N–H and O–H groups in total. The second-order valence-corrected chi connectivity index (χ2v) is 2.36. The molecule has 0 amide bonds. The van der Waals surface area contributed by atoms with Gasteiger partial charge in [0.2, 0.25) is 0 Å². The van der Waals surface area contributed by atoms with Gasteiger partial charge in [-0.1, -0.05) is 5.92 Å². The maximum atomic E-state index is 10.8. The van der Waals surface area contributed by atoms with Crippen molar-refractivity contribution in [2.24, 2.45) is 0 Å². The molecule has 0 aliphatic rings. The van der Waals surface area contributed by atoms with Gasteiger partial charge in [0, 0.05) is 6.07 Å². The highest BCUT2D eigenvalue weighted by Gasteiger charge is 2.00. The highest BCUT2D eigenvalue weighted by atomic mass is 16.5. The van der Waals surface area contributed by atoms with E-state index in [0.29, 0.717) is 11.5 Å². The fraction of sp³-hybridized carbons (Fsp3) is 0.222. The van der Waals surface area contributed by atoms with Crippen LogP contribution in [0.3, 0.4) is 0 Å². The van der Waals surface area contributed by atoms with Crippen LogP contribution in [0, 0.1) is 12.3 Å². The standard InChI is InChI=1S/C9H9N3O2/c1-3-7-4-8(12-6-11-7)10-5-9(13)14-2/h1,4,6H,5H2,2H3,(H,10,11,12). The molecule has 0 unspecified atom stereocenters. The summed E-state index contributed by atoms with van der Waals surface area (Å²) >= 11 is 0. The van der Waals surface area contributed by atoms with Crippen molar-refractivity contribution in [1.29, 1.82) is 0 Å². The predicted molar refractivity (Wildman–Crippen MR) is 50.5 cm³/mol. The summed E-state index contributed by atoms with van der Waals surface area (Å²) in [5.41, 5.74) is 0.465. The van der Waals surface area contributed by atoms with Crippen molar-refractivity contribution in [2.45, 2.75) is 0 Å². The van der Waals surface area contributed by atoms with E-state index in [-0.39, 0.29) is 12.5 Å². The molecule has 0 fully saturated rings. The number of carbonyl (C=O) groups excluding carboxylic acids is 1. The Bertz CT molecular complexity index is 371. The van der Waals surface area contributed by atoms with Crippen LogP contribution in [0.4, 0.5) is 5.82 Å². The number of nitrogens with one attached hydrogen (secondary N) is 1. The first-order chi connectivity index (χ1) is 6.76. The number of hydrogen-bond acceptors (Lipinski definition) is 5. The number of terminal acetylenes is 1. The van der Waals surface area contributed by atoms with E-state index in [4.69, 9.17) is 6.42 Å². The third kappa shape index (κ3) is 2.75. The molecular weight excluding hydrogens is 182 g/mol. The number of rotatable bonds is 3. The first-order valence-electron chi connectivity index (χ1n) is 3.85. The molecule has 1 aromatic rings. The van der Waals surface area contributed by atoms with Gasteiger partial charge in [-0.25, -0.2) is 9.97 Å². The molecule has 0 saturated carbocycles.